The highest BCUT2D eigenvalue weighted by molar-refractivity contribution is 5.95. The molecule has 164 valence electrons. The number of nitro groups is 1. The molecule has 0 unspecified atom stereocenters. The summed E-state index contributed by atoms with van der Waals surface area (Å²) in [5.74, 6) is -0.0305. The minimum absolute atomic E-state index is 0.0970. The molecule has 0 aromatic heterocycles. The predicted octanol–water partition coefficient (Wildman–Crippen LogP) is 3.30. The van der Waals surface area contributed by atoms with Gasteiger partial charge in [-0.15, -0.1) is 0 Å². The highest BCUT2D eigenvalue weighted by atomic mass is 16.6. The Bertz CT molecular complexity index is 924. The van der Waals surface area contributed by atoms with E-state index >= 15 is 0 Å². The lowest BCUT2D eigenvalue weighted by atomic mass is 10.1. The molecule has 3 rings (SSSR count). The molecular weight excluding hydrogens is 398 g/mol. The molecule has 8 heteroatoms. The molecule has 0 bridgehead atoms. The van der Waals surface area contributed by atoms with E-state index in [4.69, 9.17) is 4.74 Å². The Labute approximate surface area is 181 Å². The van der Waals surface area contributed by atoms with Crippen LogP contribution in [0.3, 0.4) is 0 Å². The maximum absolute atomic E-state index is 12.8. The van der Waals surface area contributed by atoms with Crippen molar-refractivity contribution in [3.63, 3.8) is 0 Å². The topological polar surface area (TPSA) is 93.0 Å². The van der Waals surface area contributed by atoms with Crippen molar-refractivity contribution in [2.75, 3.05) is 32.8 Å². The molecule has 0 atom stereocenters. The molecule has 1 aliphatic heterocycles. The maximum Gasteiger partial charge on any atom is 0.311 e. The van der Waals surface area contributed by atoms with Crippen molar-refractivity contribution in [2.45, 2.75) is 26.2 Å². The van der Waals surface area contributed by atoms with E-state index in [9.17, 15) is 19.7 Å². The molecule has 1 fully saturated rings. The van der Waals surface area contributed by atoms with Crippen LogP contribution in [0.25, 0.3) is 0 Å². The van der Waals surface area contributed by atoms with Crippen LogP contribution in [-0.2, 0) is 11.2 Å². The second kappa shape index (κ2) is 10.6. The number of piperazine rings is 1. The first-order valence-corrected chi connectivity index (χ1v) is 10.5. The summed E-state index contributed by atoms with van der Waals surface area (Å²) >= 11 is 0. The van der Waals surface area contributed by atoms with Crippen LogP contribution >= 0.6 is 0 Å². The van der Waals surface area contributed by atoms with E-state index < -0.39 is 4.92 Å². The van der Waals surface area contributed by atoms with Gasteiger partial charge in [-0.1, -0.05) is 30.3 Å². The van der Waals surface area contributed by atoms with E-state index in [-0.39, 0.29) is 28.8 Å². The second-order valence-electron chi connectivity index (χ2n) is 7.38. The Morgan fingerprint density at radius 1 is 1.03 bits per heavy atom. The molecule has 1 heterocycles. The third-order valence-corrected chi connectivity index (χ3v) is 5.32. The van der Waals surface area contributed by atoms with Crippen LogP contribution in [0.2, 0.25) is 0 Å². The Morgan fingerprint density at radius 2 is 1.71 bits per heavy atom. The van der Waals surface area contributed by atoms with Crippen LogP contribution in [-0.4, -0.2) is 59.3 Å². The molecule has 0 spiro atoms. The van der Waals surface area contributed by atoms with Gasteiger partial charge in [0.15, 0.2) is 5.75 Å². The molecule has 0 radical (unpaired) electrons. The number of carbonyl (C=O) groups excluding carboxylic acids is 2. The van der Waals surface area contributed by atoms with Gasteiger partial charge in [0.05, 0.1) is 11.5 Å². The second-order valence-corrected chi connectivity index (χ2v) is 7.38. The minimum atomic E-state index is -0.548. The van der Waals surface area contributed by atoms with Gasteiger partial charge in [0.2, 0.25) is 5.91 Å². The SMILES string of the molecule is CCOc1ccc(C(=O)N2CCN(C(=O)CCCc3ccccc3)CC2)cc1[N+](=O)[O-]. The molecule has 0 aliphatic carbocycles. The average molecular weight is 425 g/mol. The van der Waals surface area contributed by atoms with Gasteiger partial charge in [0, 0.05) is 44.2 Å². The van der Waals surface area contributed by atoms with Crippen LogP contribution in [0.5, 0.6) is 5.75 Å². The van der Waals surface area contributed by atoms with Gasteiger partial charge in [0.25, 0.3) is 5.91 Å². The average Bonchev–Trinajstić information content (AvgIpc) is 2.79. The monoisotopic (exact) mass is 425 g/mol. The van der Waals surface area contributed by atoms with E-state index in [1.54, 1.807) is 22.8 Å². The van der Waals surface area contributed by atoms with Gasteiger partial charge in [0.1, 0.15) is 0 Å². The summed E-state index contributed by atoms with van der Waals surface area (Å²) < 4.78 is 5.27. The lowest BCUT2D eigenvalue weighted by Gasteiger charge is -2.35. The van der Waals surface area contributed by atoms with Gasteiger partial charge in [-0.05, 0) is 37.5 Å². The van der Waals surface area contributed by atoms with E-state index in [2.05, 4.69) is 12.1 Å². The minimum Gasteiger partial charge on any atom is -0.487 e. The van der Waals surface area contributed by atoms with Crippen molar-refractivity contribution in [1.29, 1.82) is 0 Å². The number of aryl methyl sites for hydroxylation is 1. The molecule has 2 aromatic carbocycles. The van der Waals surface area contributed by atoms with Gasteiger partial charge < -0.3 is 14.5 Å². The number of nitrogens with zero attached hydrogens (tertiary/aromatic N) is 3. The molecule has 8 nitrogen and oxygen atoms in total. The third kappa shape index (κ3) is 5.81. The van der Waals surface area contributed by atoms with Gasteiger partial charge >= 0.3 is 5.69 Å². The number of hydrogen-bond donors (Lipinski definition) is 0. The van der Waals surface area contributed by atoms with Gasteiger partial charge in [-0.2, -0.15) is 0 Å². The smallest absolute Gasteiger partial charge is 0.311 e. The first-order chi connectivity index (χ1) is 15.0. The summed E-state index contributed by atoms with van der Waals surface area (Å²) in [6.45, 7) is 3.79. The van der Waals surface area contributed by atoms with Crippen molar-refractivity contribution >= 4 is 17.5 Å². The molecule has 31 heavy (non-hydrogen) atoms. The zero-order valence-electron chi connectivity index (χ0n) is 17.7. The quantitative estimate of drug-likeness (QED) is 0.478. The maximum atomic E-state index is 12.8. The van der Waals surface area contributed by atoms with Crippen molar-refractivity contribution in [3.05, 3.63) is 69.8 Å². The number of ether oxygens (including phenoxy) is 1. The first-order valence-electron chi connectivity index (χ1n) is 10.5. The van der Waals surface area contributed by atoms with Crippen LogP contribution in [0, 0.1) is 10.1 Å². The van der Waals surface area contributed by atoms with E-state index in [0.717, 1.165) is 12.8 Å². The predicted molar refractivity (Wildman–Crippen MR) is 116 cm³/mol. The fourth-order valence-electron chi connectivity index (χ4n) is 3.66. The number of benzene rings is 2. The fourth-order valence-corrected chi connectivity index (χ4v) is 3.66. The zero-order chi connectivity index (χ0) is 22.2. The Kier molecular flexibility index (Phi) is 7.59. The van der Waals surface area contributed by atoms with Crippen LogP contribution in [0.4, 0.5) is 5.69 Å². The number of rotatable bonds is 8. The lowest BCUT2D eigenvalue weighted by Crippen LogP contribution is -2.50. The molecule has 1 aliphatic rings. The van der Waals surface area contributed by atoms with Crippen LogP contribution in [0.1, 0.15) is 35.7 Å². The van der Waals surface area contributed by atoms with E-state index in [1.807, 2.05) is 18.2 Å². The molecular formula is C23H27N3O5. The molecule has 0 N–H and O–H groups in total. The van der Waals surface area contributed by atoms with Gasteiger partial charge in [-0.3, -0.25) is 19.7 Å². The summed E-state index contributed by atoms with van der Waals surface area (Å²) in [4.78, 5) is 39.5. The van der Waals surface area contributed by atoms with E-state index in [1.165, 1.54) is 17.7 Å². The fraction of sp³-hybridized carbons (Fsp3) is 0.391. The standard InChI is InChI=1S/C23H27N3O5/c1-2-31-21-12-11-19(17-20(21)26(29)30)23(28)25-15-13-24(14-16-25)22(27)10-6-9-18-7-4-3-5-8-18/h3-5,7-8,11-12,17H,2,6,9-10,13-16H2,1H3. The van der Waals surface area contributed by atoms with Crippen molar-refractivity contribution < 1.29 is 19.2 Å². The van der Waals surface area contributed by atoms with Crippen molar-refractivity contribution in [1.82, 2.24) is 9.80 Å². The number of carbonyl (C=O) groups is 2. The normalized spacial score (nSPS) is 13.7. The molecule has 2 amide bonds. The Hall–Kier alpha value is -3.42. The van der Waals surface area contributed by atoms with Crippen LogP contribution in [0.15, 0.2) is 48.5 Å². The van der Waals surface area contributed by atoms with Crippen LogP contribution < -0.4 is 4.74 Å². The van der Waals surface area contributed by atoms with E-state index in [0.29, 0.717) is 39.2 Å². The largest absolute Gasteiger partial charge is 0.487 e. The van der Waals surface area contributed by atoms with Crippen molar-refractivity contribution in [2.24, 2.45) is 0 Å². The highest BCUT2D eigenvalue weighted by Crippen LogP contribution is 2.28. The third-order valence-electron chi connectivity index (χ3n) is 5.32. The summed E-state index contributed by atoms with van der Waals surface area (Å²) in [5, 5.41) is 11.3. The Morgan fingerprint density at radius 3 is 2.35 bits per heavy atom. The lowest BCUT2D eigenvalue weighted by molar-refractivity contribution is -0.385. The zero-order valence-corrected chi connectivity index (χ0v) is 17.7. The number of hydrogen-bond acceptors (Lipinski definition) is 5. The summed E-state index contributed by atoms with van der Waals surface area (Å²) in [6, 6.07) is 14.3. The molecule has 2 aromatic rings. The number of amides is 2. The Balaban J connectivity index is 1.52. The molecule has 0 saturated carbocycles. The molecule has 1 saturated heterocycles. The first kappa shape index (κ1) is 22.3. The van der Waals surface area contributed by atoms with Crippen molar-refractivity contribution in [3.8, 4) is 5.75 Å². The number of nitro benzene ring substituents is 1. The highest BCUT2D eigenvalue weighted by Gasteiger charge is 2.26. The summed E-state index contributed by atoms with van der Waals surface area (Å²) in [6.07, 6.45) is 2.13. The van der Waals surface area contributed by atoms with Gasteiger partial charge in [-0.25, -0.2) is 0 Å². The summed E-state index contributed by atoms with van der Waals surface area (Å²) in [5.41, 5.74) is 1.24. The summed E-state index contributed by atoms with van der Waals surface area (Å²) in [7, 11) is 0.